The summed E-state index contributed by atoms with van der Waals surface area (Å²) in [6.45, 7) is 0.796. The standard InChI is InChI=1S/C22H26N2O6/c1-24-10-9-21-18-12-3-4-14(25)19(18)30-20(21)13(7-8-22(21,28)15(24)11-12)23-16(26)5-6-17(27)29-2/h3-6,13,15,20,25,28H,7-11H2,1-2H3,(H,23,26)/b6-5+/t13-,15-,20+,21+,22-/m1/s1. The quantitative estimate of drug-likeness (QED) is 0.485. The Kier molecular flexibility index (Phi) is 4.17. The van der Waals surface area contributed by atoms with Gasteiger partial charge in [-0.05, 0) is 50.9 Å². The SMILES string of the molecule is COC(=O)/C=C/C(=O)N[C@@H]1CC[C@@]2(O)[C@H]3Cc4ccc(O)c5c4[C@@]2(CCN3C)[C@H]1O5. The number of hydrogen-bond donors (Lipinski definition) is 3. The van der Waals surface area contributed by atoms with Gasteiger partial charge in [-0.2, -0.15) is 0 Å². The Balaban J connectivity index is 1.56. The molecule has 2 aliphatic heterocycles. The average Bonchev–Trinajstić information content (AvgIpc) is 3.08. The van der Waals surface area contributed by atoms with E-state index >= 15 is 0 Å². The lowest BCUT2D eigenvalue weighted by Gasteiger charge is -2.63. The highest BCUT2D eigenvalue weighted by Crippen LogP contribution is 2.65. The van der Waals surface area contributed by atoms with Crippen LogP contribution in [-0.2, 0) is 26.2 Å². The molecule has 0 radical (unpaired) electrons. The fourth-order valence-corrected chi connectivity index (χ4v) is 6.34. The van der Waals surface area contributed by atoms with Crippen LogP contribution in [0.5, 0.6) is 11.5 Å². The van der Waals surface area contributed by atoms with Crippen molar-refractivity contribution in [2.45, 2.75) is 54.9 Å². The number of phenols is 1. The second kappa shape index (κ2) is 6.46. The molecule has 2 fully saturated rings. The maximum Gasteiger partial charge on any atom is 0.330 e. The number of hydrogen-bond acceptors (Lipinski definition) is 7. The Bertz CT molecular complexity index is 961. The van der Waals surface area contributed by atoms with E-state index < -0.39 is 29.0 Å². The molecule has 8 heteroatoms. The molecule has 5 rings (SSSR count). The fraction of sp³-hybridized carbons (Fsp3) is 0.545. The van der Waals surface area contributed by atoms with Gasteiger partial charge in [0, 0.05) is 23.8 Å². The zero-order chi connectivity index (χ0) is 21.3. The fourth-order valence-electron chi connectivity index (χ4n) is 6.34. The Labute approximate surface area is 174 Å². The first-order valence-electron chi connectivity index (χ1n) is 10.3. The molecule has 160 valence electrons. The average molecular weight is 414 g/mol. The van der Waals surface area contributed by atoms with Crippen molar-refractivity contribution in [3.05, 3.63) is 35.4 Å². The minimum Gasteiger partial charge on any atom is -0.504 e. The lowest BCUT2D eigenvalue weighted by Crippen LogP contribution is -2.77. The monoisotopic (exact) mass is 414 g/mol. The van der Waals surface area contributed by atoms with E-state index in [4.69, 9.17) is 4.74 Å². The largest absolute Gasteiger partial charge is 0.504 e. The van der Waals surface area contributed by atoms with E-state index in [9.17, 15) is 19.8 Å². The highest BCUT2D eigenvalue weighted by atomic mass is 16.5. The van der Waals surface area contributed by atoms with Gasteiger partial charge in [0.25, 0.3) is 0 Å². The van der Waals surface area contributed by atoms with Gasteiger partial charge in [-0.3, -0.25) is 4.79 Å². The molecule has 1 saturated heterocycles. The van der Waals surface area contributed by atoms with E-state index in [1.54, 1.807) is 6.07 Å². The van der Waals surface area contributed by atoms with E-state index in [2.05, 4.69) is 15.0 Å². The molecule has 4 aliphatic rings. The molecule has 2 heterocycles. The Morgan fingerprint density at radius 3 is 2.90 bits per heavy atom. The summed E-state index contributed by atoms with van der Waals surface area (Å²) < 4.78 is 10.8. The number of phenolic OH excluding ortho intramolecular Hbond substituents is 1. The lowest BCUT2D eigenvalue weighted by atomic mass is 9.48. The molecule has 2 bridgehead atoms. The predicted octanol–water partition coefficient (Wildman–Crippen LogP) is 0.390. The summed E-state index contributed by atoms with van der Waals surface area (Å²) in [6, 6.07) is 3.17. The molecule has 0 aromatic heterocycles. The zero-order valence-electron chi connectivity index (χ0n) is 17.1. The normalized spacial score (nSPS) is 36.2. The van der Waals surface area contributed by atoms with Crippen LogP contribution in [-0.4, -0.2) is 71.5 Å². The molecule has 30 heavy (non-hydrogen) atoms. The Hall–Kier alpha value is -2.58. The number of carbonyl (C=O) groups excluding carboxylic acids is 2. The van der Waals surface area contributed by atoms with Crippen LogP contribution in [0, 0.1) is 0 Å². The van der Waals surface area contributed by atoms with Crippen molar-refractivity contribution in [3.63, 3.8) is 0 Å². The summed E-state index contributed by atoms with van der Waals surface area (Å²) in [6.07, 6.45) is 4.16. The second-order valence-electron chi connectivity index (χ2n) is 8.84. The summed E-state index contributed by atoms with van der Waals surface area (Å²) in [7, 11) is 3.29. The first kappa shape index (κ1) is 19.4. The van der Waals surface area contributed by atoms with E-state index in [1.165, 1.54) is 7.11 Å². The van der Waals surface area contributed by atoms with Crippen molar-refractivity contribution in [3.8, 4) is 11.5 Å². The van der Waals surface area contributed by atoms with Crippen LogP contribution in [0.1, 0.15) is 30.4 Å². The van der Waals surface area contributed by atoms with Gasteiger partial charge in [-0.15, -0.1) is 0 Å². The van der Waals surface area contributed by atoms with E-state index in [1.807, 2.05) is 13.1 Å². The number of aliphatic hydroxyl groups is 1. The van der Waals surface area contributed by atoms with Gasteiger partial charge < -0.3 is 29.9 Å². The minimum absolute atomic E-state index is 0.0452. The maximum atomic E-state index is 12.4. The smallest absolute Gasteiger partial charge is 0.330 e. The molecule has 1 amide bonds. The summed E-state index contributed by atoms with van der Waals surface area (Å²) in [5.74, 6) is -0.527. The Morgan fingerprint density at radius 1 is 1.33 bits per heavy atom. The van der Waals surface area contributed by atoms with Gasteiger partial charge >= 0.3 is 5.97 Å². The molecule has 1 saturated carbocycles. The van der Waals surface area contributed by atoms with Gasteiger partial charge in [0.05, 0.1) is 24.2 Å². The number of likely N-dealkylation sites (tertiary alicyclic amines) is 1. The molecule has 3 N–H and O–H groups in total. The van der Waals surface area contributed by atoms with Crippen molar-refractivity contribution >= 4 is 11.9 Å². The number of methoxy groups -OCH3 is 1. The maximum absolute atomic E-state index is 12.4. The summed E-state index contributed by atoms with van der Waals surface area (Å²) in [5, 5.41) is 25.5. The predicted molar refractivity (Wildman–Crippen MR) is 106 cm³/mol. The Morgan fingerprint density at radius 2 is 2.13 bits per heavy atom. The van der Waals surface area contributed by atoms with Crippen LogP contribution in [0.15, 0.2) is 24.3 Å². The number of ether oxygens (including phenoxy) is 2. The minimum atomic E-state index is -1.00. The topological polar surface area (TPSA) is 108 Å². The third-order valence-electron chi connectivity index (χ3n) is 7.63. The summed E-state index contributed by atoms with van der Waals surface area (Å²) in [5.41, 5.74) is 0.306. The molecule has 5 atom stereocenters. The number of aromatic hydroxyl groups is 1. The number of piperidine rings is 1. The van der Waals surface area contributed by atoms with E-state index in [0.717, 1.165) is 29.8 Å². The number of benzene rings is 1. The lowest BCUT2D eigenvalue weighted by molar-refractivity contribution is -0.187. The molecular formula is C22H26N2O6. The van der Waals surface area contributed by atoms with Crippen LogP contribution in [0.4, 0.5) is 0 Å². The number of esters is 1. The van der Waals surface area contributed by atoms with Gasteiger partial charge in [0.2, 0.25) is 5.91 Å². The van der Waals surface area contributed by atoms with Gasteiger partial charge in [-0.25, -0.2) is 4.79 Å². The van der Waals surface area contributed by atoms with Gasteiger partial charge in [0.1, 0.15) is 6.10 Å². The van der Waals surface area contributed by atoms with Crippen molar-refractivity contribution < 1.29 is 29.3 Å². The third kappa shape index (κ3) is 2.34. The first-order valence-corrected chi connectivity index (χ1v) is 10.3. The van der Waals surface area contributed by atoms with Crippen molar-refractivity contribution in [1.82, 2.24) is 10.2 Å². The van der Waals surface area contributed by atoms with Crippen LogP contribution < -0.4 is 10.1 Å². The number of likely N-dealkylation sites (N-methyl/N-ethyl adjacent to an activating group) is 1. The van der Waals surface area contributed by atoms with Crippen molar-refractivity contribution in [2.75, 3.05) is 20.7 Å². The number of carbonyl (C=O) groups is 2. The molecule has 1 aromatic rings. The molecule has 8 nitrogen and oxygen atoms in total. The second-order valence-corrected chi connectivity index (χ2v) is 8.84. The van der Waals surface area contributed by atoms with Crippen LogP contribution >= 0.6 is 0 Å². The highest BCUT2D eigenvalue weighted by molar-refractivity contribution is 5.94. The van der Waals surface area contributed by atoms with Crippen LogP contribution in [0.25, 0.3) is 0 Å². The number of rotatable bonds is 3. The third-order valence-corrected chi connectivity index (χ3v) is 7.63. The molecular weight excluding hydrogens is 388 g/mol. The summed E-state index contributed by atoms with van der Waals surface area (Å²) >= 11 is 0. The van der Waals surface area contributed by atoms with Crippen molar-refractivity contribution in [2.24, 2.45) is 0 Å². The molecule has 1 aromatic carbocycles. The molecule has 2 aliphatic carbocycles. The molecule has 0 unspecified atom stereocenters. The van der Waals surface area contributed by atoms with E-state index in [-0.39, 0.29) is 17.8 Å². The van der Waals surface area contributed by atoms with E-state index in [0.29, 0.717) is 31.4 Å². The van der Waals surface area contributed by atoms with Gasteiger partial charge in [-0.1, -0.05) is 6.07 Å². The number of nitrogens with one attached hydrogen (secondary N) is 1. The van der Waals surface area contributed by atoms with Crippen LogP contribution in [0.2, 0.25) is 0 Å². The number of nitrogens with zero attached hydrogens (tertiary/aromatic N) is 1. The summed E-state index contributed by atoms with van der Waals surface area (Å²) in [4.78, 5) is 26.0. The van der Waals surface area contributed by atoms with Crippen LogP contribution in [0.3, 0.4) is 0 Å². The highest BCUT2D eigenvalue weighted by Gasteiger charge is 2.72. The van der Waals surface area contributed by atoms with Gasteiger partial charge in [0.15, 0.2) is 11.5 Å². The molecule has 1 spiro atoms. The number of amides is 1. The zero-order valence-corrected chi connectivity index (χ0v) is 17.1. The van der Waals surface area contributed by atoms with Crippen molar-refractivity contribution in [1.29, 1.82) is 0 Å². The first-order chi connectivity index (χ1) is 14.3.